The molecule has 1 aliphatic heterocycles. The van der Waals surface area contributed by atoms with E-state index < -0.39 is 0 Å². The lowest BCUT2D eigenvalue weighted by atomic mass is 9.90. The number of halogens is 2. The molecule has 0 saturated heterocycles. The second-order valence-corrected chi connectivity index (χ2v) is 5.59. The van der Waals surface area contributed by atoms with Crippen LogP contribution in [-0.2, 0) is 13.0 Å². The third-order valence-electron chi connectivity index (χ3n) is 3.79. The van der Waals surface area contributed by atoms with Crippen molar-refractivity contribution in [2.45, 2.75) is 13.0 Å². The van der Waals surface area contributed by atoms with Gasteiger partial charge < -0.3 is 10.6 Å². The van der Waals surface area contributed by atoms with Crippen LogP contribution in [0.25, 0.3) is 11.1 Å². The van der Waals surface area contributed by atoms with Crippen LogP contribution in [0.4, 0.5) is 5.69 Å². The van der Waals surface area contributed by atoms with E-state index in [-0.39, 0.29) is 12.4 Å². The van der Waals surface area contributed by atoms with Crippen LogP contribution in [0, 0.1) is 0 Å². The monoisotopic (exact) mass is 308 g/mol. The first kappa shape index (κ1) is 15.2. The third kappa shape index (κ3) is 2.78. The third-order valence-corrected chi connectivity index (χ3v) is 4.05. The average Bonchev–Trinajstić information content (AvgIpc) is 2.41. The summed E-state index contributed by atoms with van der Waals surface area (Å²) in [7, 11) is 2.14. The Hall–Kier alpha value is -1.22. The zero-order valence-corrected chi connectivity index (χ0v) is 13.0. The summed E-state index contributed by atoms with van der Waals surface area (Å²) >= 11 is 5.96. The molecular formula is C16H18Cl2N2. The van der Waals surface area contributed by atoms with Crippen molar-refractivity contribution in [1.29, 1.82) is 0 Å². The van der Waals surface area contributed by atoms with Gasteiger partial charge in [0.15, 0.2) is 0 Å². The minimum Gasteiger partial charge on any atom is -0.398 e. The summed E-state index contributed by atoms with van der Waals surface area (Å²) < 4.78 is 0. The van der Waals surface area contributed by atoms with Crippen molar-refractivity contribution in [2.24, 2.45) is 0 Å². The Labute approximate surface area is 130 Å². The quantitative estimate of drug-likeness (QED) is 0.807. The Balaban J connectivity index is 0.00000147. The van der Waals surface area contributed by atoms with Gasteiger partial charge in [-0.25, -0.2) is 0 Å². The van der Waals surface area contributed by atoms with Gasteiger partial charge in [-0.05, 0) is 53.9 Å². The fourth-order valence-corrected chi connectivity index (χ4v) is 2.86. The molecule has 0 spiro atoms. The molecule has 0 amide bonds. The minimum atomic E-state index is 0. The maximum atomic E-state index is 6.13. The highest BCUT2D eigenvalue weighted by Gasteiger charge is 2.19. The molecule has 2 aromatic rings. The largest absolute Gasteiger partial charge is 0.398 e. The molecule has 0 saturated carbocycles. The molecule has 0 unspecified atom stereocenters. The van der Waals surface area contributed by atoms with Crippen molar-refractivity contribution in [2.75, 3.05) is 19.3 Å². The summed E-state index contributed by atoms with van der Waals surface area (Å²) in [6.45, 7) is 2.01. The van der Waals surface area contributed by atoms with Gasteiger partial charge in [-0.15, -0.1) is 12.4 Å². The van der Waals surface area contributed by atoms with Gasteiger partial charge in [0.05, 0.1) is 0 Å². The topological polar surface area (TPSA) is 29.3 Å². The first-order valence-electron chi connectivity index (χ1n) is 6.50. The summed E-state index contributed by atoms with van der Waals surface area (Å²) in [5, 5.41) is 0.771. The second-order valence-electron chi connectivity index (χ2n) is 5.15. The SMILES string of the molecule is CN1CCc2c(-c3ccc(Cl)cc3)ccc(N)c2C1.Cl. The molecule has 0 radical (unpaired) electrons. The van der Waals surface area contributed by atoms with Gasteiger partial charge in [-0.1, -0.05) is 29.8 Å². The van der Waals surface area contributed by atoms with Gasteiger partial charge in [-0.2, -0.15) is 0 Å². The van der Waals surface area contributed by atoms with Crippen LogP contribution in [0.3, 0.4) is 0 Å². The Kier molecular flexibility index (Phi) is 4.59. The molecule has 0 atom stereocenters. The van der Waals surface area contributed by atoms with Crippen LogP contribution < -0.4 is 5.73 Å². The number of likely N-dealkylation sites (N-methyl/N-ethyl adjacent to an activating group) is 1. The zero-order valence-electron chi connectivity index (χ0n) is 11.4. The predicted octanol–water partition coefficient (Wildman–Crippen LogP) is 4.00. The van der Waals surface area contributed by atoms with E-state index >= 15 is 0 Å². The highest BCUT2D eigenvalue weighted by atomic mass is 35.5. The summed E-state index contributed by atoms with van der Waals surface area (Å²) in [4.78, 5) is 2.31. The van der Waals surface area contributed by atoms with Gasteiger partial charge in [0.1, 0.15) is 0 Å². The standard InChI is InChI=1S/C16H17ClN2.ClH/c1-19-9-8-14-13(6-7-16(18)15(14)10-19)11-2-4-12(17)5-3-11;/h2-7H,8-10,18H2,1H3;1H. The summed E-state index contributed by atoms with van der Waals surface area (Å²) in [5.41, 5.74) is 12.2. The van der Waals surface area contributed by atoms with Crippen LogP contribution >= 0.6 is 24.0 Å². The van der Waals surface area contributed by atoms with Crippen molar-refractivity contribution >= 4 is 29.7 Å². The Morgan fingerprint density at radius 1 is 1.05 bits per heavy atom. The molecule has 0 fully saturated rings. The number of nitrogens with two attached hydrogens (primary N) is 1. The second kappa shape index (κ2) is 6.04. The number of hydrogen-bond donors (Lipinski definition) is 1. The molecule has 1 aliphatic rings. The number of rotatable bonds is 1. The lowest BCUT2D eigenvalue weighted by Gasteiger charge is -2.28. The number of hydrogen-bond acceptors (Lipinski definition) is 2. The molecule has 2 nitrogen and oxygen atoms in total. The highest BCUT2D eigenvalue weighted by Crippen LogP contribution is 2.33. The number of fused-ring (bicyclic) bond motifs is 1. The van der Waals surface area contributed by atoms with E-state index in [1.54, 1.807) is 0 Å². The van der Waals surface area contributed by atoms with E-state index in [4.69, 9.17) is 17.3 Å². The van der Waals surface area contributed by atoms with E-state index in [0.29, 0.717) is 0 Å². The zero-order chi connectivity index (χ0) is 13.4. The molecule has 20 heavy (non-hydrogen) atoms. The maximum Gasteiger partial charge on any atom is 0.0406 e. The van der Waals surface area contributed by atoms with Gasteiger partial charge in [0.25, 0.3) is 0 Å². The predicted molar refractivity (Wildman–Crippen MR) is 88.6 cm³/mol. The molecule has 1 heterocycles. The maximum absolute atomic E-state index is 6.13. The lowest BCUT2D eigenvalue weighted by molar-refractivity contribution is 0.314. The smallest absolute Gasteiger partial charge is 0.0406 e. The Bertz CT molecular complexity index is 609. The highest BCUT2D eigenvalue weighted by molar-refractivity contribution is 6.30. The molecule has 106 valence electrons. The van der Waals surface area contributed by atoms with E-state index in [1.807, 2.05) is 18.2 Å². The van der Waals surface area contributed by atoms with Crippen molar-refractivity contribution in [3.63, 3.8) is 0 Å². The van der Waals surface area contributed by atoms with Gasteiger partial charge in [-0.3, -0.25) is 0 Å². The first-order chi connectivity index (χ1) is 9.15. The van der Waals surface area contributed by atoms with Crippen molar-refractivity contribution in [1.82, 2.24) is 4.90 Å². The normalized spacial score (nSPS) is 14.5. The molecule has 3 rings (SSSR count). The van der Waals surface area contributed by atoms with Crippen LogP contribution in [0.5, 0.6) is 0 Å². The van der Waals surface area contributed by atoms with E-state index in [1.165, 1.54) is 22.3 Å². The van der Waals surface area contributed by atoms with Gasteiger partial charge in [0, 0.05) is 23.8 Å². The van der Waals surface area contributed by atoms with Crippen LogP contribution in [-0.4, -0.2) is 18.5 Å². The van der Waals surface area contributed by atoms with Crippen LogP contribution in [0.15, 0.2) is 36.4 Å². The number of anilines is 1. The molecule has 0 aliphatic carbocycles. The average molecular weight is 309 g/mol. The molecular weight excluding hydrogens is 291 g/mol. The van der Waals surface area contributed by atoms with Crippen molar-refractivity contribution in [3.8, 4) is 11.1 Å². The van der Waals surface area contributed by atoms with Crippen molar-refractivity contribution < 1.29 is 0 Å². The molecule has 4 heteroatoms. The summed E-state index contributed by atoms with van der Waals surface area (Å²) in [6, 6.07) is 12.2. The fraction of sp³-hybridized carbons (Fsp3) is 0.250. The Morgan fingerprint density at radius 3 is 2.45 bits per heavy atom. The van der Waals surface area contributed by atoms with Crippen LogP contribution in [0.1, 0.15) is 11.1 Å². The van der Waals surface area contributed by atoms with Crippen molar-refractivity contribution in [3.05, 3.63) is 52.5 Å². The number of nitrogen functional groups attached to an aromatic ring is 1. The van der Waals surface area contributed by atoms with E-state index in [2.05, 4.69) is 30.1 Å². The van der Waals surface area contributed by atoms with Gasteiger partial charge in [0.2, 0.25) is 0 Å². The Morgan fingerprint density at radius 2 is 1.75 bits per heavy atom. The van der Waals surface area contributed by atoms with Crippen LogP contribution in [0.2, 0.25) is 5.02 Å². The number of nitrogens with zero attached hydrogens (tertiary/aromatic N) is 1. The molecule has 0 aromatic heterocycles. The van der Waals surface area contributed by atoms with Gasteiger partial charge >= 0.3 is 0 Å². The molecule has 2 aromatic carbocycles. The summed E-state index contributed by atoms with van der Waals surface area (Å²) in [6.07, 6.45) is 1.05. The van der Waals surface area contributed by atoms with E-state index in [9.17, 15) is 0 Å². The lowest BCUT2D eigenvalue weighted by Crippen LogP contribution is -2.27. The van der Waals surface area contributed by atoms with E-state index in [0.717, 1.165) is 30.2 Å². The first-order valence-corrected chi connectivity index (χ1v) is 6.87. The fourth-order valence-electron chi connectivity index (χ4n) is 2.73. The number of benzene rings is 2. The molecule has 2 N–H and O–H groups in total. The molecule has 0 bridgehead atoms. The minimum absolute atomic E-state index is 0. The summed E-state index contributed by atoms with van der Waals surface area (Å²) in [5.74, 6) is 0.